The van der Waals surface area contributed by atoms with Gasteiger partial charge in [-0.2, -0.15) is 0 Å². The first-order valence-corrected chi connectivity index (χ1v) is 7.62. The Morgan fingerprint density at radius 2 is 1.69 bits per heavy atom. The molecule has 2 amide bonds. The quantitative estimate of drug-likeness (QED) is 0.627. The lowest BCUT2D eigenvalue weighted by molar-refractivity contribution is -0.128. The van der Waals surface area contributed by atoms with E-state index in [4.69, 9.17) is 4.74 Å². The molecule has 0 saturated carbocycles. The molecule has 2 aromatic rings. The molecule has 2 rings (SSSR count). The molecule has 0 fully saturated rings. The van der Waals surface area contributed by atoms with Gasteiger partial charge in [-0.05, 0) is 37.3 Å². The molecular weight excluding hydrogens is 343 g/mol. The van der Waals surface area contributed by atoms with Crippen LogP contribution >= 0.6 is 0 Å². The molecule has 0 radical (unpaired) electrons. The first kappa shape index (κ1) is 18.9. The standard InChI is InChI=1S/C18H17FN2O5/c1-11(26-15-9-4-3-8-14(15)19)16(22)20-21-17(23)12-6-5-7-13(10-12)18(24)25-2/h3-11H,1-2H3,(H,20,22)(H,21,23). The number of hydrazine groups is 1. The van der Waals surface area contributed by atoms with Crippen LogP contribution in [0.2, 0.25) is 0 Å². The number of rotatable bonds is 5. The molecule has 8 heteroatoms. The maximum Gasteiger partial charge on any atom is 0.337 e. The van der Waals surface area contributed by atoms with Crippen molar-refractivity contribution < 1.29 is 28.2 Å². The number of nitrogens with one attached hydrogen (secondary N) is 2. The summed E-state index contributed by atoms with van der Waals surface area (Å²) in [6.07, 6.45) is -1.05. The van der Waals surface area contributed by atoms with Crippen LogP contribution in [0.15, 0.2) is 48.5 Å². The zero-order valence-corrected chi connectivity index (χ0v) is 14.1. The van der Waals surface area contributed by atoms with Crippen molar-refractivity contribution in [2.45, 2.75) is 13.0 Å². The summed E-state index contributed by atoms with van der Waals surface area (Å²) in [5.41, 5.74) is 4.73. The first-order chi connectivity index (χ1) is 12.4. The lowest BCUT2D eigenvalue weighted by Gasteiger charge is -2.15. The maximum absolute atomic E-state index is 13.5. The van der Waals surface area contributed by atoms with Gasteiger partial charge in [0.2, 0.25) is 0 Å². The van der Waals surface area contributed by atoms with Crippen LogP contribution in [0.25, 0.3) is 0 Å². The number of amides is 2. The molecule has 2 N–H and O–H groups in total. The number of hydrogen-bond donors (Lipinski definition) is 2. The van der Waals surface area contributed by atoms with Crippen LogP contribution in [0.3, 0.4) is 0 Å². The fourth-order valence-corrected chi connectivity index (χ4v) is 1.98. The topological polar surface area (TPSA) is 93.7 Å². The van der Waals surface area contributed by atoms with Crippen molar-refractivity contribution >= 4 is 17.8 Å². The minimum Gasteiger partial charge on any atom is -0.478 e. The lowest BCUT2D eigenvalue weighted by Crippen LogP contribution is -2.47. The van der Waals surface area contributed by atoms with E-state index >= 15 is 0 Å². The number of ether oxygens (including phenoxy) is 2. The van der Waals surface area contributed by atoms with Crippen LogP contribution in [-0.4, -0.2) is 31.0 Å². The van der Waals surface area contributed by atoms with E-state index in [9.17, 15) is 18.8 Å². The zero-order chi connectivity index (χ0) is 19.1. The van der Waals surface area contributed by atoms with Crippen LogP contribution in [0.1, 0.15) is 27.6 Å². The smallest absolute Gasteiger partial charge is 0.337 e. The van der Waals surface area contributed by atoms with Gasteiger partial charge in [0.05, 0.1) is 12.7 Å². The van der Waals surface area contributed by atoms with Crippen LogP contribution in [0.4, 0.5) is 4.39 Å². The van der Waals surface area contributed by atoms with E-state index in [1.165, 1.54) is 56.5 Å². The summed E-state index contributed by atoms with van der Waals surface area (Å²) in [5, 5.41) is 0. The Morgan fingerprint density at radius 1 is 1.00 bits per heavy atom. The lowest BCUT2D eigenvalue weighted by atomic mass is 10.1. The third kappa shape index (κ3) is 4.79. The van der Waals surface area contributed by atoms with E-state index < -0.39 is 29.7 Å². The SMILES string of the molecule is COC(=O)c1cccc(C(=O)NNC(=O)C(C)Oc2ccccc2F)c1. The molecule has 0 aliphatic carbocycles. The van der Waals surface area contributed by atoms with E-state index in [2.05, 4.69) is 15.6 Å². The molecule has 0 spiro atoms. The van der Waals surface area contributed by atoms with Gasteiger partial charge >= 0.3 is 5.97 Å². The number of para-hydroxylation sites is 1. The van der Waals surface area contributed by atoms with Gasteiger partial charge in [0.1, 0.15) is 0 Å². The number of carbonyl (C=O) groups is 3. The predicted octanol–water partition coefficient (Wildman–Crippen LogP) is 1.84. The van der Waals surface area contributed by atoms with Crippen molar-refractivity contribution in [1.82, 2.24) is 10.9 Å². The monoisotopic (exact) mass is 360 g/mol. The number of carbonyl (C=O) groups excluding carboxylic acids is 3. The summed E-state index contributed by atoms with van der Waals surface area (Å²) in [5.74, 6) is -2.58. The van der Waals surface area contributed by atoms with Gasteiger partial charge in [-0.3, -0.25) is 20.4 Å². The molecule has 0 aromatic heterocycles. The van der Waals surface area contributed by atoms with Crippen LogP contribution in [0, 0.1) is 5.82 Å². The highest BCUT2D eigenvalue weighted by atomic mass is 19.1. The van der Waals surface area contributed by atoms with Crippen LogP contribution in [0.5, 0.6) is 5.75 Å². The summed E-state index contributed by atoms with van der Waals surface area (Å²) < 4.78 is 23.3. The van der Waals surface area contributed by atoms with Gasteiger partial charge in [-0.1, -0.05) is 18.2 Å². The highest BCUT2D eigenvalue weighted by Gasteiger charge is 2.18. The van der Waals surface area contributed by atoms with E-state index in [-0.39, 0.29) is 16.9 Å². The molecular formula is C18H17FN2O5. The average Bonchev–Trinajstić information content (AvgIpc) is 2.66. The molecule has 1 atom stereocenters. The summed E-state index contributed by atoms with van der Waals surface area (Å²) >= 11 is 0. The van der Waals surface area contributed by atoms with Gasteiger partial charge < -0.3 is 9.47 Å². The zero-order valence-electron chi connectivity index (χ0n) is 14.1. The molecule has 0 aliphatic rings. The van der Waals surface area contributed by atoms with E-state index in [1.54, 1.807) is 6.07 Å². The molecule has 26 heavy (non-hydrogen) atoms. The summed E-state index contributed by atoms with van der Waals surface area (Å²) in [4.78, 5) is 35.5. The van der Waals surface area contributed by atoms with Crippen LogP contribution < -0.4 is 15.6 Å². The largest absolute Gasteiger partial charge is 0.478 e. The van der Waals surface area contributed by atoms with Crippen molar-refractivity contribution in [3.05, 3.63) is 65.5 Å². The number of methoxy groups -OCH3 is 1. The summed E-state index contributed by atoms with van der Waals surface area (Å²) in [6, 6.07) is 11.4. The normalized spacial score (nSPS) is 11.2. The Kier molecular flexibility index (Phi) is 6.26. The fraction of sp³-hybridized carbons (Fsp3) is 0.167. The Labute approximate surface area is 149 Å². The second-order valence-electron chi connectivity index (χ2n) is 5.21. The first-order valence-electron chi connectivity index (χ1n) is 7.62. The highest BCUT2D eigenvalue weighted by molar-refractivity contribution is 5.98. The van der Waals surface area contributed by atoms with Crippen molar-refractivity contribution in [3.8, 4) is 5.75 Å². The number of esters is 1. The molecule has 0 heterocycles. The Morgan fingerprint density at radius 3 is 2.38 bits per heavy atom. The van der Waals surface area contributed by atoms with Crippen molar-refractivity contribution in [1.29, 1.82) is 0 Å². The predicted molar refractivity (Wildman–Crippen MR) is 89.9 cm³/mol. The summed E-state index contributed by atoms with van der Waals surface area (Å²) in [7, 11) is 1.23. The van der Waals surface area contributed by atoms with E-state index in [0.717, 1.165) is 0 Å². The Bertz CT molecular complexity index is 825. The molecule has 7 nitrogen and oxygen atoms in total. The molecule has 0 bridgehead atoms. The van der Waals surface area contributed by atoms with Crippen molar-refractivity contribution in [3.63, 3.8) is 0 Å². The van der Waals surface area contributed by atoms with Gasteiger partial charge in [0.15, 0.2) is 17.7 Å². The Hall–Kier alpha value is -3.42. The number of halogens is 1. The molecule has 2 aromatic carbocycles. The van der Waals surface area contributed by atoms with Gasteiger partial charge in [0.25, 0.3) is 11.8 Å². The minimum absolute atomic E-state index is 0.0766. The second kappa shape index (κ2) is 8.61. The fourth-order valence-electron chi connectivity index (χ4n) is 1.98. The average molecular weight is 360 g/mol. The maximum atomic E-state index is 13.5. The minimum atomic E-state index is -1.05. The van der Waals surface area contributed by atoms with Gasteiger partial charge in [-0.25, -0.2) is 9.18 Å². The van der Waals surface area contributed by atoms with Crippen molar-refractivity contribution in [2.75, 3.05) is 7.11 Å². The summed E-state index contributed by atoms with van der Waals surface area (Å²) in [6.45, 7) is 1.41. The second-order valence-corrected chi connectivity index (χ2v) is 5.21. The Balaban J connectivity index is 1.93. The van der Waals surface area contributed by atoms with E-state index in [0.29, 0.717) is 0 Å². The van der Waals surface area contributed by atoms with Crippen LogP contribution in [-0.2, 0) is 9.53 Å². The number of benzene rings is 2. The molecule has 0 aliphatic heterocycles. The third-order valence-electron chi connectivity index (χ3n) is 3.35. The number of hydrogen-bond acceptors (Lipinski definition) is 5. The molecule has 136 valence electrons. The van der Waals surface area contributed by atoms with E-state index in [1.807, 2.05) is 0 Å². The third-order valence-corrected chi connectivity index (χ3v) is 3.35. The molecule has 0 saturated heterocycles. The van der Waals surface area contributed by atoms with Gasteiger partial charge in [0, 0.05) is 5.56 Å². The highest BCUT2D eigenvalue weighted by Crippen LogP contribution is 2.16. The van der Waals surface area contributed by atoms with Gasteiger partial charge in [-0.15, -0.1) is 0 Å². The molecule has 1 unspecified atom stereocenters. The van der Waals surface area contributed by atoms with Crippen molar-refractivity contribution in [2.24, 2.45) is 0 Å².